The Bertz CT molecular complexity index is 3220. The van der Waals surface area contributed by atoms with Gasteiger partial charge in [-0.2, -0.15) is 0 Å². The molecule has 9 aromatic rings. The molecule has 12 rings (SSSR count). The van der Waals surface area contributed by atoms with Crippen LogP contribution in [0.1, 0.15) is 70.1 Å². The number of para-hydroxylation sites is 3. The van der Waals surface area contributed by atoms with E-state index < -0.39 is 5.41 Å². The first kappa shape index (κ1) is 33.8. The maximum Gasteiger partial charge on any atom is 0.159 e. The lowest BCUT2D eigenvalue weighted by molar-refractivity contribution is 0.556. The summed E-state index contributed by atoms with van der Waals surface area (Å²) in [4.78, 5) is 10.4. The molecule has 4 nitrogen and oxygen atoms in total. The Labute approximate surface area is 343 Å². The summed E-state index contributed by atoms with van der Waals surface area (Å²) in [6.07, 6.45) is -0.266. The fourth-order valence-corrected chi connectivity index (χ4v) is 10.5. The van der Waals surface area contributed by atoms with E-state index in [4.69, 9.17) is 9.98 Å². The quantitative estimate of drug-likeness (QED) is 0.191. The molecule has 0 fully saturated rings. The minimum atomic E-state index is -0.563. The topological polar surface area (TPSA) is 41.7 Å². The van der Waals surface area contributed by atoms with E-state index in [9.17, 15) is 0 Å². The van der Waals surface area contributed by atoms with Crippen LogP contribution in [0.3, 0.4) is 0 Å². The molecule has 0 saturated carbocycles. The van der Waals surface area contributed by atoms with Crippen molar-refractivity contribution in [1.82, 2.24) is 9.88 Å². The van der Waals surface area contributed by atoms with E-state index in [0.29, 0.717) is 5.84 Å². The molecular formula is C55H40N4. The summed E-state index contributed by atoms with van der Waals surface area (Å²) in [5.74, 6) is 1.53. The van der Waals surface area contributed by atoms with Crippen molar-refractivity contribution in [3.8, 4) is 16.8 Å². The van der Waals surface area contributed by atoms with Gasteiger partial charge in [0.1, 0.15) is 12.0 Å². The molecule has 3 heterocycles. The highest BCUT2D eigenvalue weighted by atomic mass is 15.2. The van der Waals surface area contributed by atoms with Crippen LogP contribution in [0.5, 0.6) is 0 Å². The second-order valence-corrected chi connectivity index (χ2v) is 16.6. The number of hydrogen-bond donors (Lipinski definition) is 1. The number of benzene rings is 8. The summed E-state index contributed by atoms with van der Waals surface area (Å²) >= 11 is 0. The molecule has 1 spiro atoms. The van der Waals surface area contributed by atoms with Gasteiger partial charge in [0.15, 0.2) is 5.84 Å². The lowest BCUT2D eigenvalue weighted by Crippen LogP contribution is -2.44. The number of nitrogens with one attached hydrogen (secondary N) is 1. The van der Waals surface area contributed by atoms with E-state index in [1.807, 2.05) is 12.1 Å². The Balaban J connectivity index is 1.10. The van der Waals surface area contributed by atoms with Crippen LogP contribution in [0, 0.1) is 0 Å². The molecular weight excluding hydrogens is 717 g/mol. The van der Waals surface area contributed by atoms with Gasteiger partial charge in [-0.3, -0.25) is 0 Å². The Morgan fingerprint density at radius 1 is 0.475 bits per heavy atom. The average Bonchev–Trinajstić information content (AvgIpc) is 3.65. The van der Waals surface area contributed by atoms with Crippen molar-refractivity contribution in [2.75, 3.05) is 0 Å². The third-order valence-electron chi connectivity index (χ3n) is 13.1. The predicted molar refractivity (Wildman–Crippen MR) is 242 cm³/mol. The van der Waals surface area contributed by atoms with Gasteiger partial charge >= 0.3 is 0 Å². The first-order valence-electron chi connectivity index (χ1n) is 20.5. The van der Waals surface area contributed by atoms with Crippen molar-refractivity contribution < 1.29 is 0 Å². The van der Waals surface area contributed by atoms with E-state index in [1.54, 1.807) is 0 Å². The molecule has 4 heteroatoms. The maximum absolute atomic E-state index is 5.22. The zero-order valence-electron chi connectivity index (χ0n) is 32.9. The number of aromatic nitrogens is 1. The van der Waals surface area contributed by atoms with Gasteiger partial charge in [0.2, 0.25) is 0 Å². The van der Waals surface area contributed by atoms with E-state index in [2.05, 4.69) is 206 Å². The molecule has 59 heavy (non-hydrogen) atoms. The van der Waals surface area contributed by atoms with Crippen molar-refractivity contribution in [3.05, 3.63) is 244 Å². The Kier molecular flexibility index (Phi) is 7.22. The highest BCUT2D eigenvalue weighted by Gasteiger charge is 2.52. The van der Waals surface area contributed by atoms with Crippen molar-refractivity contribution >= 4 is 33.5 Å². The lowest BCUT2D eigenvalue weighted by Gasteiger charge is -2.50. The van der Waals surface area contributed by atoms with Gasteiger partial charge < -0.3 is 9.88 Å². The van der Waals surface area contributed by atoms with Crippen molar-refractivity contribution in [2.45, 2.75) is 30.8 Å². The maximum atomic E-state index is 5.22. The zero-order valence-corrected chi connectivity index (χ0v) is 32.9. The number of fused-ring (bicyclic) bond motifs is 11. The molecule has 2 atom stereocenters. The van der Waals surface area contributed by atoms with Gasteiger partial charge in [-0.25, -0.2) is 9.98 Å². The molecule has 3 aliphatic rings. The summed E-state index contributed by atoms with van der Waals surface area (Å²) in [6.45, 7) is 4.79. The Morgan fingerprint density at radius 2 is 1.08 bits per heavy atom. The normalized spacial score (nSPS) is 18.4. The first-order chi connectivity index (χ1) is 29.0. The van der Waals surface area contributed by atoms with Crippen LogP contribution in [-0.4, -0.2) is 16.2 Å². The first-order valence-corrected chi connectivity index (χ1v) is 20.5. The highest BCUT2D eigenvalue weighted by Crippen LogP contribution is 2.60. The molecule has 1 N–H and O–H groups in total. The van der Waals surface area contributed by atoms with Crippen molar-refractivity contribution in [2.24, 2.45) is 9.98 Å². The number of nitrogens with zero attached hydrogens (tertiary/aromatic N) is 3. The average molecular weight is 757 g/mol. The zero-order chi connectivity index (χ0) is 39.3. The summed E-state index contributed by atoms with van der Waals surface area (Å²) in [5, 5.41) is 6.17. The highest BCUT2D eigenvalue weighted by molar-refractivity contribution is 6.14. The van der Waals surface area contributed by atoms with E-state index in [-0.39, 0.29) is 11.6 Å². The van der Waals surface area contributed by atoms with Gasteiger partial charge in [-0.1, -0.05) is 184 Å². The van der Waals surface area contributed by atoms with Crippen molar-refractivity contribution in [3.63, 3.8) is 0 Å². The molecule has 2 aliphatic heterocycles. The molecule has 8 aromatic carbocycles. The van der Waals surface area contributed by atoms with Crippen LogP contribution in [0.2, 0.25) is 0 Å². The van der Waals surface area contributed by atoms with E-state index >= 15 is 0 Å². The van der Waals surface area contributed by atoms with Gasteiger partial charge in [-0.05, 0) is 74.3 Å². The molecule has 1 aliphatic carbocycles. The Morgan fingerprint density at radius 3 is 1.93 bits per heavy atom. The van der Waals surface area contributed by atoms with Crippen LogP contribution in [0.15, 0.2) is 204 Å². The molecule has 2 unspecified atom stereocenters. The molecule has 0 bridgehead atoms. The third kappa shape index (κ3) is 4.77. The standard InChI is InChI=1S/C55H40N4/c1-54(2)42-25-10-11-26-44(42)55(45-27-12-14-30-49(45)59-48-29-13-9-23-40(48)41-24-16-28-46(55)50(41)59)47-34-38(31-32-43(47)54)37-21-15-22-39(33-37)53-57-51(35-17-5-3-6-18-35)56-52(58-53)36-19-7-4-8-20-36/h3-34,51H,1-2H3,(H,56,57,58). The Hall–Kier alpha value is -7.30. The third-order valence-corrected chi connectivity index (χ3v) is 13.1. The van der Waals surface area contributed by atoms with Crippen LogP contribution < -0.4 is 5.32 Å². The van der Waals surface area contributed by atoms with Crippen molar-refractivity contribution in [1.29, 1.82) is 0 Å². The van der Waals surface area contributed by atoms with Crippen LogP contribution in [-0.2, 0) is 10.8 Å². The van der Waals surface area contributed by atoms with E-state index in [0.717, 1.165) is 33.7 Å². The fraction of sp³-hybridized carbons (Fsp3) is 0.0909. The molecule has 0 radical (unpaired) electrons. The van der Waals surface area contributed by atoms with Crippen LogP contribution in [0.4, 0.5) is 0 Å². The number of rotatable bonds is 4. The number of aliphatic imine (C=N–C) groups is 2. The smallest absolute Gasteiger partial charge is 0.159 e. The van der Waals surface area contributed by atoms with Crippen LogP contribution in [0.25, 0.3) is 38.6 Å². The van der Waals surface area contributed by atoms with Gasteiger partial charge in [0, 0.05) is 27.3 Å². The summed E-state index contributed by atoms with van der Waals surface area (Å²) in [6, 6.07) is 70.9. The molecule has 0 saturated heterocycles. The number of amidine groups is 2. The molecule has 280 valence electrons. The molecule has 1 aromatic heterocycles. The minimum Gasteiger partial charge on any atom is -0.344 e. The number of hydrogen-bond acceptors (Lipinski definition) is 3. The summed E-state index contributed by atoms with van der Waals surface area (Å²) in [7, 11) is 0. The predicted octanol–water partition coefficient (Wildman–Crippen LogP) is 12.3. The minimum absolute atomic E-state index is 0.233. The summed E-state index contributed by atoms with van der Waals surface area (Å²) < 4.78 is 2.52. The summed E-state index contributed by atoms with van der Waals surface area (Å²) in [5.41, 5.74) is 16.3. The second kappa shape index (κ2) is 12.6. The van der Waals surface area contributed by atoms with Crippen LogP contribution >= 0.6 is 0 Å². The monoisotopic (exact) mass is 756 g/mol. The van der Waals surface area contributed by atoms with E-state index in [1.165, 1.54) is 60.9 Å². The van der Waals surface area contributed by atoms with Gasteiger partial charge in [0.25, 0.3) is 0 Å². The second-order valence-electron chi connectivity index (χ2n) is 16.6. The molecule has 0 amide bonds. The van der Waals surface area contributed by atoms with Gasteiger partial charge in [-0.15, -0.1) is 0 Å². The van der Waals surface area contributed by atoms with Gasteiger partial charge in [0.05, 0.1) is 22.1 Å². The lowest BCUT2D eigenvalue weighted by atomic mass is 9.53. The SMILES string of the molecule is CC1(C)c2ccccc2C2(c3ccccc3-n3c4ccccc4c4cccc2c43)c2cc(-c3cccc(C4=NC(c5ccccc5)NC(c5ccccc5)=N4)c3)ccc21. The largest absolute Gasteiger partial charge is 0.344 e. The fourth-order valence-electron chi connectivity index (χ4n) is 10.5.